The van der Waals surface area contributed by atoms with Crippen LogP contribution in [0.15, 0.2) is 18.2 Å². The van der Waals surface area contributed by atoms with E-state index in [9.17, 15) is 22.3 Å². The molecule has 3 nitrogen and oxygen atoms in total. The standard InChI is InChI=1S/C15H18F2O3S/c16-11-4-5-14(17)10(6-11)7-15(18)8-12-2-1-3-13(9-15)21(12,19)20/h4-6,12-13,18H,1-3,7-9H2. The van der Waals surface area contributed by atoms with Crippen molar-refractivity contribution < 1.29 is 22.3 Å². The Morgan fingerprint density at radius 1 is 1.19 bits per heavy atom. The number of hydrogen-bond donors (Lipinski definition) is 1. The second-order valence-corrected chi connectivity index (χ2v) is 8.82. The lowest BCUT2D eigenvalue weighted by Gasteiger charge is -2.44. The van der Waals surface area contributed by atoms with E-state index in [1.54, 1.807) is 0 Å². The van der Waals surface area contributed by atoms with Gasteiger partial charge in [-0.15, -0.1) is 0 Å². The molecule has 0 amide bonds. The van der Waals surface area contributed by atoms with Gasteiger partial charge in [0.05, 0.1) is 16.1 Å². The van der Waals surface area contributed by atoms with E-state index in [0.717, 1.165) is 24.6 Å². The Kier molecular flexibility index (Phi) is 3.56. The van der Waals surface area contributed by atoms with Gasteiger partial charge in [0.25, 0.3) is 0 Å². The molecule has 6 heteroatoms. The van der Waals surface area contributed by atoms with Gasteiger partial charge in [-0.3, -0.25) is 0 Å². The van der Waals surface area contributed by atoms with Crippen molar-refractivity contribution in [3.8, 4) is 0 Å². The van der Waals surface area contributed by atoms with Gasteiger partial charge < -0.3 is 5.11 Å². The quantitative estimate of drug-likeness (QED) is 0.911. The molecule has 2 aliphatic rings. The molecule has 116 valence electrons. The van der Waals surface area contributed by atoms with Crippen LogP contribution >= 0.6 is 0 Å². The lowest BCUT2D eigenvalue weighted by Crippen LogP contribution is -2.52. The molecule has 2 bridgehead atoms. The SMILES string of the molecule is O=S1(=O)C2CCCC1CC(O)(Cc1cc(F)ccc1F)C2. The number of aliphatic hydroxyl groups is 1. The minimum Gasteiger partial charge on any atom is -0.389 e. The van der Waals surface area contributed by atoms with Crippen LogP contribution in [0.25, 0.3) is 0 Å². The fraction of sp³-hybridized carbons (Fsp3) is 0.600. The molecule has 1 aromatic carbocycles. The average molecular weight is 316 g/mol. The summed E-state index contributed by atoms with van der Waals surface area (Å²) in [5, 5.41) is 9.63. The van der Waals surface area contributed by atoms with Gasteiger partial charge in [0.15, 0.2) is 9.84 Å². The van der Waals surface area contributed by atoms with Crippen LogP contribution in [0.4, 0.5) is 8.78 Å². The molecule has 2 heterocycles. The van der Waals surface area contributed by atoms with Gasteiger partial charge in [-0.05, 0) is 49.4 Å². The Hall–Kier alpha value is -1.01. The molecule has 3 rings (SSSR count). The number of halogens is 2. The first kappa shape index (κ1) is 14.9. The Bertz CT molecular complexity index is 637. The topological polar surface area (TPSA) is 54.4 Å². The predicted molar refractivity (Wildman–Crippen MR) is 74.6 cm³/mol. The summed E-state index contributed by atoms with van der Waals surface area (Å²) in [7, 11) is -3.17. The van der Waals surface area contributed by atoms with Gasteiger partial charge in [0, 0.05) is 6.42 Å². The van der Waals surface area contributed by atoms with Crippen LogP contribution in [0.2, 0.25) is 0 Å². The lowest BCUT2D eigenvalue weighted by atomic mass is 9.81. The molecule has 2 unspecified atom stereocenters. The highest BCUT2D eigenvalue weighted by atomic mass is 32.2. The first-order valence-electron chi connectivity index (χ1n) is 7.19. The summed E-state index contributed by atoms with van der Waals surface area (Å²) >= 11 is 0. The van der Waals surface area contributed by atoms with Crippen LogP contribution in [-0.2, 0) is 16.3 Å². The first-order chi connectivity index (χ1) is 9.80. The molecule has 1 N–H and O–H groups in total. The van der Waals surface area contributed by atoms with Gasteiger partial charge in [-0.2, -0.15) is 0 Å². The second-order valence-electron chi connectivity index (χ2n) is 6.31. The fourth-order valence-electron chi connectivity index (χ4n) is 3.72. The van der Waals surface area contributed by atoms with Crippen molar-refractivity contribution in [2.24, 2.45) is 0 Å². The van der Waals surface area contributed by atoms with E-state index in [0.29, 0.717) is 12.8 Å². The normalized spacial score (nSPS) is 34.6. The highest BCUT2D eigenvalue weighted by Gasteiger charge is 2.50. The molecule has 0 aliphatic carbocycles. The molecule has 2 aliphatic heterocycles. The van der Waals surface area contributed by atoms with Crippen molar-refractivity contribution in [3.63, 3.8) is 0 Å². The summed E-state index contributed by atoms with van der Waals surface area (Å²) in [5.41, 5.74) is -1.16. The van der Waals surface area contributed by atoms with Crippen molar-refractivity contribution in [2.45, 2.75) is 54.6 Å². The summed E-state index contributed by atoms with van der Waals surface area (Å²) in [5.74, 6) is -1.12. The van der Waals surface area contributed by atoms with Crippen LogP contribution < -0.4 is 0 Å². The summed E-state index contributed by atoms with van der Waals surface area (Å²) in [6, 6.07) is 3.14. The summed E-state index contributed by atoms with van der Waals surface area (Å²) in [4.78, 5) is 0. The Balaban J connectivity index is 1.87. The molecule has 0 radical (unpaired) electrons. The number of sulfone groups is 1. The molecule has 1 aromatic rings. The monoisotopic (exact) mass is 316 g/mol. The average Bonchev–Trinajstić information content (AvgIpc) is 2.36. The van der Waals surface area contributed by atoms with E-state index < -0.39 is 37.6 Å². The predicted octanol–water partition coefficient (Wildman–Crippen LogP) is 2.37. The van der Waals surface area contributed by atoms with Gasteiger partial charge in [-0.25, -0.2) is 17.2 Å². The largest absolute Gasteiger partial charge is 0.389 e. The van der Waals surface area contributed by atoms with E-state index in [1.807, 2.05) is 0 Å². The zero-order valence-electron chi connectivity index (χ0n) is 11.6. The fourth-order valence-corrected chi connectivity index (χ4v) is 6.34. The van der Waals surface area contributed by atoms with Crippen molar-refractivity contribution in [2.75, 3.05) is 0 Å². The van der Waals surface area contributed by atoms with E-state index in [2.05, 4.69) is 0 Å². The van der Waals surface area contributed by atoms with Crippen LogP contribution in [0.3, 0.4) is 0 Å². The second kappa shape index (κ2) is 5.02. The van der Waals surface area contributed by atoms with E-state index in [1.165, 1.54) is 0 Å². The number of benzene rings is 1. The van der Waals surface area contributed by atoms with Crippen molar-refractivity contribution >= 4 is 9.84 Å². The van der Waals surface area contributed by atoms with Crippen molar-refractivity contribution in [1.82, 2.24) is 0 Å². The highest BCUT2D eigenvalue weighted by molar-refractivity contribution is 7.92. The van der Waals surface area contributed by atoms with Gasteiger partial charge in [0.2, 0.25) is 0 Å². The summed E-state index contributed by atoms with van der Waals surface area (Å²) in [6.07, 6.45) is 2.13. The molecule has 0 spiro atoms. The maximum atomic E-state index is 13.7. The van der Waals surface area contributed by atoms with Gasteiger partial charge >= 0.3 is 0 Å². The van der Waals surface area contributed by atoms with E-state index in [-0.39, 0.29) is 24.8 Å². The smallest absolute Gasteiger partial charge is 0.156 e. The molecule has 2 atom stereocenters. The van der Waals surface area contributed by atoms with Crippen LogP contribution in [0.5, 0.6) is 0 Å². The lowest BCUT2D eigenvalue weighted by molar-refractivity contribution is 0.00914. The highest BCUT2D eigenvalue weighted by Crippen LogP contribution is 2.42. The number of hydrogen-bond acceptors (Lipinski definition) is 3. The number of rotatable bonds is 2. The zero-order chi connectivity index (χ0) is 15.3. The molecule has 21 heavy (non-hydrogen) atoms. The molecular weight excluding hydrogens is 298 g/mol. The van der Waals surface area contributed by atoms with E-state index in [4.69, 9.17) is 0 Å². The molecule has 0 aromatic heterocycles. The zero-order valence-corrected chi connectivity index (χ0v) is 12.4. The summed E-state index contributed by atoms with van der Waals surface area (Å²) in [6.45, 7) is 0. The molecule has 2 saturated heterocycles. The van der Waals surface area contributed by atoms with Gasteiger partial charge in [0.1, 0.15) is 11.6 Å². The maximum absolute atomic E-state index is 13.7. The van der Waals surface area contributed by atoms with Crippen molar-refractivity contribution in [3.05, 3.63) is 35.4 Å². The minimum absolute atomic E-state index is 0.0425. The molecular formula is C15H18F2O3S. The maximum Gasteiger partial charge on any atom is 0.156 e. The number of fused-ring (bicyclic) bond motifs is 2. The van der Waals surface area contributed by atoms with Gasteiger partial charge in [-0.1, -0.05) is 6.42 Å². The first-order valence-corrected chi connectivity index (χ1v) is 8.80. The van der Waals surface area contributed by atoms with Crippen LogP contribution in [0, 0.1) is 11.6 Å². The Morgan fingerprint density at radius 2 is 1.81 bits per heavy atom. The molecule has 0 saturated carbocycles. The molecule has 2 fully saturated rings. The minimum atomic E-state index is -3.17. The Labute approximate surface area is 122 Å². The summed E-state index contributed by atoms with van der Waals surface area (Å²) < 4.78 is 51.4. The Morgan fingerprint density at radius 3 is 2.43 bits per heavy atom. The van der Waals surface area contributed by atoms with Crippen LogP contribution in [-0.4, -0.2) is 29.6 Å². The third-order valence-corrected chi connectivity index (χ3v) is 7.39. The third-order valence-electron chi connectivity index (χ3n) is 4.72. The van der Waals surface area contributed by atoms with E-state index >= 15 is 0 Å². The third kappa shape index (κ3) is 2.71. The van der Waals surface area contributed by atoms with Crippen molar-refractivity contribution in [1.29, 1.82) is 0 Å². The van der Waals surface area contributed by atoms with Crippen LogP contribution in [0.1, 0.15) is 37.7 Å².